The van der Waals surface area contributed by atoms with Crippen molar-refractivity contribution in [2.75, 3.05) is 25.0 Å². The molecule has 0 bridgehead atoms. The van der Waals surface area contributed by atoms with E-state index in [0.29, 0.717) is 11.5 Å². The normalized spacial score (nSPS) is 28.7. The van der Waals surface area contributed by atoms with Gasteiger partial charge in [-0.05, 0) is 38.4 Å². The van der Waals surface area contributed by atoms with Gasteiger partial charge in [-0.25, -0.2) is 0 Å². The lowest BCUT2D eigenvalue weighted by Crippen LogP contribution is -2.35. The van der Waals surface area contributed by atoms with Gasteiger partial charge in [-0.2, -0.15) is 0 Å². The Hall–Kier alpha value is -1.02. The van der Waals surface area contributed by atoms with Crippen molar-refractivity contribution in [3.8, 4) is 0 Å². The first-order valence-corrected chi connectivity index (χ1v) is 6.29. The molecule has 0 radical (unpaired) electrons. The van der Waals surface area contributed by atoms with Crippen LogP contribution in [-0.2, 0) is 5.41 Å². The SMILES string of the molecule is CC(C)N1CCC2(CNc3ccccc32)C1. The van der Waals surface area contributed by atoms with E-state index in [1.165, 1.54) is 30.8 Å². The van der Waals surface area contributed by atoms with Crippen molar-refractivity contribution in [2.24, 2.45) is 0 Å². The fourth-order valence-corrected chi connectivity index (χ4v) is 3.17. The highest BCUT2D eigenvalue weighted by Gasteiger charge is 2.44. The van der Waals surface area contributed by atoms with Crippen molar-refractivity contribution < 1.29 is 0 Å². The van der Waals surface area contributed by atoms with E-state index in [-0.39, 0.29) is 0 Å². The molecular formula is C14H20N2. The molecule has 2 nitrogen and oxygen atoms in total. The van der Waals surface area contributed by atoms with E-state index in [1.807, 2.05) is 0 Å². The van der Waals surface area contributed by atoms with E-state index in [9.17, 15) is 0 Å². The molecule has 2 aliphatic heterocycles. The van der Waals surface area contributed by atoms with Crippen LogP contribution in [0.5, 0.6) is 0 Å². The second-order valence-corrected chi connectivity index (χ2v) is 5.49. The van der Waals surface area contributed by atoms with Crippen molar-refractivity contribution in [3.05, 3.63) is 29.8 Å². The highest BCUT2D eigenvalue weighted by Crippen LogP contribution is 2.43. The first-order chi connectivity index (χ1) is 7.71. The molecule has 3 rings (SSSR count). The Labute approximate surface area is 97.6 Å². The summed E-state index contributed by atoms with van der Waals surface area (Å²) in [6, 6.07) is 9.49. The fraction of sp³-hybridized carbons (Fsp3) is 0.571. The van der Waals surface area contributed by atoms with E-state index in [0.717, 1.165) is 6.54 Å². The summed E-state index contributed by atoms with van der Waals surface area (Å²) in [6.45, 7) is 8.18. The molecule has 1 N–H and O–H groups in total. The summed E-state index contributed by atoms with van der Waals surface area (Å²) in [7, 11) is 0. The second-order valence-electron chi connectivity index (χ2n) is 5.49. The zero-order valence-electron chi connectivity index (χ0n) is 10.2. The molecule has 2 aliphatic rings. The minimum absolute atomic E-state index is 0.390. The Bertz CT molecular complexity index is 399. The Kier molecular flexibility index (Phi) is 2.21. The van der Waals surface area contributed by atoms with Gasteiger partial charge in [0.05, 0.1) is 0 Å². The van der Waals surface area contributed by atoms with Crippen LogP contribution in [0.2, 0.25) is 0 Å². The lowest BCUT2D eigenvalue weighted by Gasteiger charge is -2.26. The maximum atomic E-state index is 3.57. The number of para-hydroxylation sites is 1. The molecule has 0 aromatic heterocycles. The number of anilines is 1. The van der Waals surface area contributed by atoms with Gasteiger partial charge in [0, 0.05) is 30.2 Å². The number of benzene rings is 1. The summed E-state index contributed by atoms with van der Waals surface area (Å²) in [5.74, 6) is 0. The molecule has 2 heteroatoms. The van der Waals surface area contributed by atoms with Crippen LogP contribution in [0.4, 0.5) is 5.69 Å². The highest BCUT2D eigenvalue weighted by atomic mass is 15.2. The van der Waals surface area contributed by atoms with Crippen LogP contribution in [0.25, 0.3) is 0 Å². The Morgan fingerprint density at radius 1 is 1.31 bits per heavy atom. The van der Waals surface area contributed by atoms with Gasteiger partial charge in [-0.1, -0.05) is 18.2 Å². The largest absolute Gasteiger partial charge is 0.384 e. The zero-order valence-corrected chi connectivity index (χ0v) is 10.2. The molecule has 0 aliphatic carbocycles. The second kappa shape index (κ2) is 3.49. The number of nitrogens with one attached hydrogen (secondary N) is 1. The van der Waals surface area contributed by atoms with Crippen LogP contribution >= 0.6 is 0 Å². The Balaban J connectivity index is 1.92. The predicted octanol–water partition coefficient (Wildman–Crippen LogP) is 2.46. The third kappa shape index (κ3) is 1.36. The molecule has 1 fully saturated rings. The van der Waals surface area contributed by atoms with Crippen molar-refractivity contribution >= 4 is 5.69 Å². The van der Waals surface area contributed by atoms with Gasteiger partial charge in [0.15, 0.2) is 0 Å². The standard InChI is InChI=1S/C14H20N2/c1-11(2)16-8-7-14(10-16)9-15-13-6-4-3-5-12(13)14/h3-6,11,15H,7-10H2,1-2H3. The highest BCUT2D eigenvalue weighted by molar-refractivity contribution is 5.60. The number of hydrogen-bond donors (Lipinski definition) is 1. The molecule has 2 heterocycles. The van der Waals surface area contributed by atoms with Gasteiger partial charge in [0.25, 0.3) is 0 Å². The van der Waals surface area contributed by atoms with Crippen LogP contribution in [-0.4, -0.2) is 30.6 Å². The van der Waals surface area contributed by atoms with Crippen molar-refractivity contribution in [1.29, 1.82) is 0 Å². The van der Waals surface area contributed by atoms with E-state index in [2.05, 4.69) is 48.3 Å². The summed E-state index contributed by atoms with van der Waals surface area (Å²) < 4.78 is 0. The molecule has 0 saturated carbocycles. The minimum atomic E-state index is 0.390. The average molecular weight is 216 g/mol. The molecule has 1 saturated heterocycles. The molecule has 1 spiro atoms. The van der Waals surface area contributed by atoms with E-state index >= 15 is 0 Å². The molecule has 1 atom stereocenters. The van der Waals surface area contributed by atoms with Gasteiger partial charge >= 0.3 is 0 Å². The molecule has 1 aromatic rings. The van der Waals surface area contributed by atoms with Gasteiger partial charge in [0.1, 0.15) is 0 Å². The van der Waals surface area contributed by atoms with Crippen molar-refractivity contribution in [3.63, 3.8) is 0 Å². The number of hydrogen-bond acceptors (Lipinski definition) is 2. The van der Waals surface area contributed by atoms with Crippen LogP contribution in [0.15, 0.2) is 24.3 Å². The minimum Gasteiger partial charge on any atom is -0.384 e. The lowest BCUT2D eigenvalue weighted by atomic mass is 9.82. The van der Waals surface area contributed by atoms with Crippen LogP contribution < -0.4 is 5.32 Å². The van der Waals surface area contributed by atoms with E-state index in [4.69, 9.17) is 0 Å². The molecule has 1 aromatic carbocycles. The molecular weight excluding hydrogens is 196 g/mol. The molecule has 1 unspecified atom stereocenters. The van der Waals surface area contributed by atoms with Gasteiger partial charge in [0.2, 0.25) is 0 Å². The molecule has 16 heavy (non-hydrogen) atoms. The maximum Gasteiger partial charge on any atom is 0.0379 e. The Morgan fingerprint density at radius 3 is 2.88 bits per heavy atom. The van der Waals surface area contributed by atoms with Gasteiger partial charge in [-0.15, -0.1) is 0 Å². The zero-order chi connectivity index (χ0) is 11.2. The third-order valence-electron chi connectivity index (χ3n) is 4.23. The molecule has 0 amide bonds. The smallest absolute Gasteiger partial charge is 0.0379 e. The quantitative estimate of drug-likeness (QED) is 0.776. The van der Waals surface area contributed by atoms with Crippen LogP contribution in [0, 0.1) is 0 Å². The first-order valence-electron chi connectivity index (χ1n) is 6.29. The topological polar surface area (TPSA) is 15.3 Å². The maximum absolute atomic E-state index is 3.57. The number of likely N-dealkylation sites (tertiary alicyclic amines) is 1. The number of fused-ring (bicyclic) bond motifs is 2. The summed E-state index contributed by atoms with van der Waals surface area (Å²) in [4.78, 5) is 2.60. The van der Waals surface area contributed by atoms with Crippen molar-refractivity contribution in [2.45, 2.75) is 31.7 Å². The summed E-state index contributed by atoms with van der Waals surface area (Å²) >= 11 is 0. The van der Waals surface area contributed by atoms with E-state index in [1.54, 1.807) is 0 Å². The number of nitrogens with zero attached hydrogens (tertiary/aromatic N) is 1. The summed E-state index contributed by atoms with van der Waals surface area (Å²) in [5.41, 5.74) is 3.28. The third-order valence-corrected chi connectivity index (χ3v) is 4.23. The van der Waals surface area contributed by atoms with Crippen molar-refractivity contribution in [1.82, 2.24) is 4.90 Å². The first kappa shape index (κ1) is 10.2. The van der Waals surface area contributed by atoms with Crippen LogP contribution in [0.1, 0.15) is 25.8 Å². The molecule has 86 valence electrons. The Morgan fingerprint density at radius 2 is 2.12 bits per heavy atom. The summed E-state index contributed by atoms with van der Waals surface area (Å²) in [6.07, 6.45) is 1.30. The van der Waals surface area contributed by atoms with Gasteiger partial charge < -0.3 is 5.32 Å². The summed E-state index contributed by atoms with van der Waals surface area (Å²) in [5, 5.41) is 3.57. The van der Waals surface area contributed by atoms with Crippen LogP contribution in [0.3, 0.4) is 0 Å². The lowest BCUT2D eigenvalue weighted by molar-refractivity contribution is 0.260. The number of rotatable bonds is 1. The monoisotopic (exact) mass is 216 g/mol. The average Bonchev–Trinajstić information content (AvgIpc) is 2.87. The van der Waals surface area contributed by atoms with E-state index < -0.39 is 0 Å². The predicted molar refractivity (Wildman–Crippen MR) is 67.9 cm³/mol. The fourth-order valence-electron chi connectivity index (χ4n) is 3.17. The van der Waals surface area contributed by atoms with Gasteiger partial charge in [-0.3, -0.25) is 4.90 Å².